The van der Waals surface area contributed by atoms with Crippen molar-refractivity contribution >= 4 is 28.2 Å². The Hall–Kier alpha value is -4.56. The van der Waals surface area contributed by atoms with Gasteiger partial charge in [-0.15, -0.1) is 0 Å². The zero-order chi connectivity index (χ0) is 33.9. The van der Waals surface area contributed by atoms with E-state index in [1.807, 2.05) is 54.6 Å². The summed E-state index contributed by atoms with van der Waals surface area (Å²) in [6.07, 6.45) is 8.94. The maximum atomic E-state index is 13.0. The number of aromatic hydroxyl groups is 1. The summed E-state index contributed by atoms with van der Waals surface area (Å²) in [6.45, 7) is 0.361. The minimum atomic E-state index is -0.891. The largest absolute Gasteiger partial charge is 0.508 e. The number of carbonyl (C=O) groups is 1. The summed E-state index contributed by atoms with van der Waals surface area (Å²) in [5.41, 5.74) is 9.12. The van der Waals surface area contributed by atoms with Crippen LogP contribution in [0.4, 0.5) is 5.69 Å². The van der Waals surface area contributed by atoms with Crippen LogP contribution < -0.4 is 20.5 Å². The molecule has 1 aliphatic rings. The fourth-order valence-corrected chi connectivity index (χ4v) is 6.71. The first-order chi connectivity index (χ1) is 23.2. The van der Waals surface area contributed by atoms with Gasteiger partial charge in [-0.1, -0.05) is 49.2 Å². The van der Waals surface area contributed by atoms with Gasteiger partial charge in [-0.3, -0.25) is 9.79 Å². The molecule has 0 atom stereocenters. The number of unbranched alkanes of at least 4 members (excludes halogenated alkanes) is 1. The Kier molecular flexibility index (Phi) is 12.0. The number of guanidine groups is 1. The number of nitrogens with two attached hydrogens (primary N) is 1. The Balaban J connectivity index is 1.03. The molecular formula is C40H49N3O5. The number of Topliss-reactive ketones (excluding diaryl/α,β-unsaturated/α-hetero) is 1. The van der Waals surface area contributed by atoms with Crippen LogP contribution in [0.5, 0.6) is 17.2 Å². The van der Waals surface area contributed by atoms with Gasteiger partial charge in [0, 0.05) is 25.6 Å². The van der Waals surface area contributed by atoms with E-state index in [2.05, 4.69) is 22.4 Å². The zero-order valence-corrected chi connectivity index (χ0v) is 28.2. The summed E-state index contributed by atoms with van der Waals surface area (Å²) in [6, 6.07) is 25.4. The third-order valence-electron chi connectivity index (χ3n) is 9.53. The lowest BCUT2D eigenvalue weighted by Crippen LogP contribution is -2.36. The van der Waals surface area contributed by atoms with Crippen LogP contribution in [0.25, 0.3) is 10.8 Å². The molecule has 8 nitrogen and oxygen atoms in total. The van der Waals surface area contributed by atoms with Crippen molar-refractivity contribution in [2.24, 2.45) is 16.6 Å². The normalized spacial score (nSPS) is 18.1. The molecule has 4 aromatic rings. The number of rotatable bonds is 15. The van der Waals surface area contributed by atoms with E-state index in [1.165, 1.54) is 5.56 Å². The third kappa shape index (κ3) is 9.97. The van der Waals surface area contributed by atoms with Gasteiger partial charge in [-0.25, -0.2) is 0 Å². The van der Waals surface area contributed by atoms with Gasteiger partial charge >= 0.3 is 0 Å². The van der Waals surface area contributed by atoms with Crippen molar-refractivity contribution in [1.82, 2.24) is 0 Å². The first-order valence-electron chi connectivity index (χ1n) is 17.1. The van der Waals surface area contributed by atoms with E-state index in [0.717, 1.165) is 66.1 Å². The molecule has 8 heteroatoms. The molecule has 0 aliphatic heterocycles. The molecule has 1 saturated carbocycles. The SMILES string of the molecule is CN=C(N)Nc1cccc(CCCCC2CCC(O)(CC(=O)CCc3ccc(OC)c(OCc4ccc5cc(O)ccc5c4)c3)CC2)c1. The first-order valence-corrected chi connectivity index (χ1v) is 17.1. The van der Waals surface area contributed by atoms with Crippen LogP contribution in [0.1, 0.15) is 74.5 Å². The number of aliphatic hydroxyl groups is 1. The molecule has 5 N–H and O–H groups in total. The van der Waals surface area contributed by atoms with Crippen LogP contribution in [-0.4, -0.2) is 41.7 Å². The Bertz CT molecular complexity index is 1710. The van der Waals surface area contributed by atoms with Crippen molar-refractivity contribution in [3.05, 3.63) is 95.6 Å². The number of nitrogens with zero attached hydrogens (tertiary/aromatic N) is 1. The van der Waals surface area contributed by atoms with E-state index in [4.69, 9.17) is 15.2 Å². The maximum Gasteiger partial charge on any atom is 0.192 e. The van der Waals surface area contributed by atoms with Gasteiger partial charge in [0.1, 0.15) is 18.1 Å². The minimum absolute atomic E-state index is 0.0973. The number of phenolic OH excluding ortho intramolecular Hbond substituents is 1. The zero-order valence-electron chi connectivity index (χ0n) is 28.2. The minimum Gasteiger partial charge on any atom is -0.508 e. The lowest BCUT2D eigenvalue weighted by atomic mass is 9.74. The summed E-state index contributed by atoms with van der Waals surface area (Å²) in [4.78, 5) is 17.0. The van der Waals surface area contributed by atoms with E-state index < -0.39 is 5.60 Å². The number of anilines is 1. The number of hydrogen-bond acceptors (Lipinski definition) is 6. The van der Waals surface area contributed by atoms with E-state index in [1.54, 1.807) is 26.3 Å². The molecule has 0 aromatic heterocycles. The van der Waals surface area contributed by atoms with Gasteiger partial charge < -0.3 is 30.7 Å². The van der Waals surface area contributed by atoms with Gasteiger partial charge in [0.25, 0.3) is 0 Å². The number of nitrogens with one attached hydrogen (secondary N) is 1. The fraction of sp³-hybridized carbons (Fsp3) is 0.400. The number of ether oxygens (including phenoxy) is 2. The molecule has 5 rings (SSSR count). The smallest absolute Gasteiger partial charge is 0.192 e. The molecule has 0 amide bonds. The molecule has 1 fully saturated rings. The molecular weight excluding hydrogens is 602 g/mol. The van der Waals surface area contributed by atoms with E-state index in [-0.39, 0.29) is 18.0 Å². The summed E-state index contributed by atoms with van der Waals surface area (Å²) in [5.74, 6) is 2.61. The standard InChI is InChI=1S/C40H49N3O5/c1-42-39(41)43-34-9-5-8-29(23-34)7-4-3-6-28-18-20-40(46,21-19-28)26-36(45)15-11-30-12-17-37(47-2)38(24-30)48-27-31-10-13-33-25-35(44)16-14-32(33)22-31/h5,8-10,12-14,16-17,22-25,28,44,46H,3-4,6-7,11,15,18-21,26-27H2,1-2H3,(H3,41,42,43). The van der Waals surface area contributed by atoms with E-state index in [0.29, 0.717) is 55.7 Å². The highest BCUT2D eigenvalue weighted by Gasteiger charge is 2.34. The van der Waals surface area contributed by atoms with Crippen molar-refractivity contribution in [3.8, 4) is 17.2 Å². The number of ketones is 1. The quantitative estimate of drug-likeness (QED) is 0.0589. The van der Waals surface area contributed by atoms with Gasteiger partial charge in [0.05, 0.1) is 12.7 Å². The Morgan fingerprint density at radius 1 is 0.917 bits per heavy atom. The number of methoxy groups -OCH3 is 1. The van der Waals surface area contributed by atoms with Gasteiger partial charge in [0.15, 0.2) is 17.5 Å². The second kappa shape index (κ2) is 16.5. The van der Waals surface area contributed by atoms with Crippen molar-refractivity contribution in [2.75, 3.05) is 19.5 Å². The second-order valence-corrected chi connectivity index (χ2v) is 13.2. The molecule has 0 heterocycles. The summed E-state index contributed by atoms with van der Waals surface area (Å²) in [5, 5.41) is 26.1. The first kappa shape index (κ1) is 34.8. The molecule has 0 saturated heterocycles. The Labute approximate surface area is 284 Å². The topological polar surface area (TPSA) is 126 Å². The monoisotopic (exact) mass is 651 g/mol. The fourth-order valence-electron chi connectivity index (χ4n) is 6.71. The highest BCUT2D eigenvalue weighted by atomic mass is 16.5. The number of carbonyl (C=O) groups excluding carboxylic acids is 1. The molecule has 0 bridgehead atoms. The molecule has 1 aliphatic carbocycles. The van der Waals surface area contributed by atoms with Crippen LogP contribution in [0.2, 0.25) is 0 Å². The van der Waals surface area contributed by atoms with Gasteiger partial charge in [-0.05, 0) is 121 Å². The molecule has 48 heavy (non-hydrogen) atoms. The van der Waals surface area contributed by atoms with E-state index >= 15 is 0 Å². The summed E-state index contributed by atoms with van der Waals surface area (Å²) >= 11 is 0. The maximum absolute atomic E-state index is 13.0. The van der Waals surface area contributed by atoms with Crippen molar-refractivity contribution < 1.29 is 24.5 Å². The van der Waals surface area contributed by atoms with Crippen LogP contribution in [-0.2, 0) is 24.2 Å². The average molecular weight is 652 g/mol. The number of benzene rings is 4. The highest BCUT2D eigenvalue weighted by molar-refractivity contribution is 5.92. The molecule has 254 valence electrons. The van der Waals surface area contributed by atoms with Crippen LogP contribution in [0.3, 0.4) is 0 Å². The number of aryl methyl sites for hydroxylation is 2. The number of fused-ring (bicyclic) bond motifs is 1. The molecule has 0 unspecified atom stereocenters. The van der Waals surface area contributed by atoms with Crippen molar-refractivity contribution in [1.29, 1.82) is 0 Å². The number of phenols is 1. The van der Waals surface area contributed by atoms with Gasteiger partial charge in [0.2, 0.25) is 0 Å². The van der Waals surface area contributed by atoms with Crippen molar-refractivity contribution in [2.45, 2.75) is 82.8 Å². The number of aliphatic imine (C=N–C) groups is 1. The van der Waals surface area contributed by atoms with Crippen LogP contribution in [0.15, 0.2) is 83.9 Å². The van der Waals surface area contributed by atoms with Crippen LogP contribution in [0, 0.1) is 5.92 Å². The lowest BCUT2D eigenvalue weighted by Gasteiger charge is -2.35. The Morgan fingerprint density at radius 2 is 1.67 bits per heavy atom. The predicted octanol–water partition coefficient (Wildman–Crippen LogP) is 7.72. The van der Waals surface area contributed by atoms with E-state index in [9.17, 15) is 15.0 Å². The predicted molar refractivity (Wildman–Crippen MR) is 193 cm³/mol. The number of hydrogen-bond donors (Lipinski definition) is 4. The van der Waals surface area contributed by atoms with Gasteiger partial charge in [-0.2, -0.15) is 0 Å². The molecule has 0 radical (unpaired) electrons. The lowest BCUT2D eigenvalue weighted by molar-refractivity contribution is -0.125. The highest BCUT2D eigenvalue weighted by Crippen LogP contribution is 2.37. The summed E-state index contributed by atoms with van der Waals surface area (Å²) in [7, 11) is 3.28. The second-order valence-electron chi connectivity index (χ2n) is 13.2. The van der Waals surface area contributed by atoms with Crippen LogP contribution >= 0.6 is 0 Å². The Morgan fingerprint density at radius 3 is 2.46 bits per heavy atom. The molecule has 4 aromatic carbocycles. The average Bonchev–Trinajstić information content (AvgIpc) is 3.09. The van der Waals surface area contributed by atoms with Crippen molar-refractivity contribution in [3.63, 3.8) is 0 Å². The summed E-state index contributed by atoms with van der Waals surface area (Å²) < 4.78 is 11.7. The third-order valence-corrected chi connectivity index (χ3v) is 9.53. The molecule has 0 spiro atoms.